The zero-order chi connectivity index (χ0) is 67.2. The van der Waals surface area contributed by atoms with Gasteiger partial charge in [-0.05, 0) is 37.5 Å². The number of aliphatic hydroxyl groups excluding tert-OH is 1. The van der Waals surface area contributed by atoms with Crippen molar-refractivity contribution in [1.82, 2.24) is 0 Å². The van der Waals surface area contributed by atoms with E-state index in [0.29, 0.717) is 25.7 Å². The van der Waals surface area contributed by atoms with E-state index in [-0.39, 0.29) is 25.7 Å². The summed E-state index contributed by atoms with van der Waals surface area (Å²) in [7, 11) is -9.90. The summed E-state index contributed by atoms with van der Waals surface area (Å²) in [6.45, 7) is 9.56. The van der Waals surface area contributed by atoms with Crippen molar-refractivity contribution in [2.24, 2.45) is 11.8 Å². The van der Waals surface area contributed by atoms with Gasteiger partial charge in [0.15, 0.2) is 12.2 Å². The molecule has 0 amide bonds. The minimum absolute atomic E-state index is 0.107. The van der Waals surface area contributed by atoms with Gasteiger partial charge in [-0.2, -0.15) is 0 Å². The molecule has 3 unspecified atom stereocenters. The van der Waals surface area contributed by atoms with Gasteiger partial charge in [0.2, 0.25) is 0 Å². The summed E-state index contributed by atoms with van der Waals surface area (Å²) < 4.78 is 68.4. The highest BCUT2D eigenvalue weighted by atomic mass is 31.2. The third-order valence-corrected chi connectivity index (χ3v) is 19.0. The van der Waals surface area contributed by atoms with Gasteiger partial charge in [0.1, 0.15) is 19.3 Å². The fourth-order valence-corrected chi connectivity index (χ4v) is 12.5. The molecule has 0 aliphatic heterocycles. The Bertz CT molecular complexity index is 1770. The molecule has 0 bridgehead atoms. The number of rotatable bonds is 71. The Morgan fingerprint density at radius 3 is 0.835 bits per heavy atom. The van der Waals surface area contributed by atoms with E-state index in [1.54, 1.807) is 0 Å². The fourth-order valence-electron chi connectivity index (χ4n) is 10.9. The Hall–Kier alpha value is -1.94. The molecule has 0 saturated heterocycles. The second-order valence-corrected chi connectivity index (χ2v) is 29.6. The van der Waals surface area contributed by atoms with Gasteiger partial charge in [-0.25, -0.2) is 9.13 Å². The van der Waals surface area contributed by atoms with Crippen LogP contribution in [0, 0.1) is 11.8 Å². The zero-order valence-corrected chi connectivity index (χ0v) is 60.9. The van der Waals surface area contributed by atoms with Gasteiger partial charge in [0.05, 0.1) is 26.4 Å². The Kier molecular flexibility index (Phi) is 62.7. The van der Waals surface area contributed by atoms with Gasteiger partial charge in [-0.1, -0.05) is 318 Å². The fraction of sp³-hybridized carbons (Fsp3) is 0.944. The molecular weight excluding hydrogens is 1200 g/mol. The minimum atomic E-state index is -4.95. The lowest BCUT2D eigenvalue weighted by atomic mass is 9.99. The Morgan fingerprint density at radius 1 is 0.319 bits per heavy atom. The second kappa shape index (κ2) is 64.1. The maximum atomic E-state index is 13.0. The van der Waals surface area contributed by atoms with Crippen molar-refractivity contribution in [3.05, 3.63) is 0 Å². The van der Waals surface area contributed by atoms with E-state index in [1.807, 2.05) is 0 Å². The number of phosphoric ester groups is 2. The molecule has 0 rings (SSSR count). The highest BCUT2D eigenvalue weighted by Gasteiger charge is 2.30. The molecule has 0 saturated carbocycles. The number of aliphatic hydroxyl groups is 1. The van der Waals surface area contributed by atoms with Crippen LogP contribution >= 0.6 is 15.6 Å². The van der Waals surface area contributed by atoms with Gasteiger partial charge >= 0.3 is 39.5 Å². The van der Waals surface area contributed by atoms with Crippen LogP contribution in [0.1, 0.15) is 369 Å². The van der Waals surface area contributed by atoms with Crippen molar-refractivity contribution in [2.75, 3.05) is 39.6 Å². The summed E-state index contributed by atoms with van der Waals surface area (Å²) in [4.78, 5) is 72.7. The molecule has 0 fully saturated rings. The third-order valence-electron chi connectivity index (χ3n) is 17.1. The van der Waals surface area contributed by atoms with Crippen LogP contribution in [0.4, 0.5) is 0 Å². The van der Waals surface area contributed by atoms with E-state index in [2.05, 4.69) is 41.5 Å². The predicted octanol–water partition coefficient (Wildman–Crippen LogP) is 20.8. The SMILES string of the molecule is CCCCCCCCCCCCCCCC(=O)OC[C@H](COP(=O)(O)OC[C@@H](O)COP(=O)(O)OC[C@@H](COC(=O)CCCCCCCCCCC(C)C)OC(=O)CCCCCCCCCCCCCCC)OC(=O)CCCCCCCCCCCCC(C)CC. The first-order chi connectivity index (χ1) is 43.9. The van der Waals surface area contributed by atoms with E-state index in [1.165, 1.54) is 186 Å². The molecule has 0 aromatic carbocycles. The van der Waals surface area contributed by atoms with Crippen LogP contribution in [0.25, 0.3) is 0 Å². The lowest BCUT2D eigenvalue weighted by molar-refractivity contribution is -0.161. The Labute approximate surface area is 556 Å². The molecular formula is C72H140O17P2. The molecule has 0 radical (unpaired) electrons. The van der Waals surface area contributed by atoms with Crippen LogP contribution in [0.5, 0.6) is 0 Å². The number of phosphoric acid groups is 2. The van der Waals surface area contributed by atoms with E-state index < -0.39 is 97.5 Å². The predicted molar refractivity (Wildman–Crippen MR) is 368 cm³/mol. The molecule has 0 aliphatic rings. The van der Waals surface area contributed by atoms with Crippen molar-refractivity contribution in [1.29, 1.82) is 0 Å². The van der Waals surface area contributed by atoms with Crippen molar-refractivity contribution in [3.8, 4) is 0 Å². The average Bonchev–Trinajstić information content (AvgIpc) is 3.24. The normalized spacial score (nSPS) is 14.4. The summed E-state index contributed by atoms with van der Waals surface area (Å²) >= 11 is 0. The molecule has 91 heavy (non-hydrogen) atoms. The van der Waals surface area contributed by atoms with E-state index in [0.717, 1.165) is 102 Å². The maximum Gasteiger partial charge on any atom is 0.472 e. The molecule has 6 atom stereocenters. The summed E-state index contributed by atoms with van der Waals surface area (Å²) in [5.41, 5.74) is 0. The van der Waals surface area contributed by atoms with E-state index in [9.17, 15) is 43.2 Å². The van der Waals surface area contributed by atoms with Crippen LogP contribution in [-0.4, -0.2) is 96.7 Å². The topological polar surface area (TPSA) is 237 Å². The van der Waals surface area contributed by atoms with Crippen LogP contribution in [0.15, 0.2) is 0 Å². The first kappa shape index (κ1) is 89.1. The van der Waals surface area contributed by atoms with Gasteiger partial charge in [0, 0.05) is 25.7 Å². The number of unbranched alkanes of at least 4 members (excludes halogenated alkanes) is 40. The molecule has 0 heterocycles. The van der Waals surface area contributed by atoms with Gasteiger partial charge in [-0.3, -0.25) is 37.3 Å². The Balaban J connectivity index is 5.27. The van der Waals surface area contributed by atoms with E-state index >= 15 is 0 Å². The monoisotopic (exact) mass is 1340 g/mol. The highest BCUT2D eigenvalue weighted by molar-refractivity contribution is 7.47. The van der Waals surface area contributed by atoms with Gasteiger partial charge in [-0.15, -0.1) is 0 Å². The molecule has 3 N–H and O–H groups in total. The van der Waals surface area contributed by atoms with Crippen LogP contribution < -0.4 is 0 Å². The molecule has 0 aromatic heterocycles. The molecule has 0 aromatic rings. The first-order valence-corrected chi connectivity index (χ1v) is 40.5. The number of ether oxygens (including phenoxy) is 4. The van der Waals surface area contributed by atoms with E-state index in [4.69, 9.17) is 37.0 Å². The zero-order valence-electron chi connectivity index (χ0n) is 59.1. The third kappa shape index (κ3) is 65.1. The van der Waals surface area contributed by atoms with Crippen molar-refractivity contribution in [2.45, 2.75) is 387 Å². The molecule has 0 spiro atoms. The number of carbonyl (C=O) groups excluding carboxylic acids is 4. The quantitative estimate of drug-likeness (QED) is 0.0222. The van der Waals surface area contributed by atoms with Crippen molar-refractivity contribution >= 4 is 39.5 Å². The van der Waals surface area contributed by atoms with Crippen LogP contribution in [0.3, 0.4) is 0 Å². The van der Waals surface area contributed by atoms with Crippen LogP contribution in [0.2, 0.25) is 0 Å². The average molecular weight is 1340 g/mol. The Morgan fingerprint density at radius 2 is 0.560 bits per heavy atom. The smallest absolute Gasteiger partial charge is 0.462 e. The summed E-state index contributed by atoms with van der Waals surface area (Å²) in [5.74, 6) is -0.590. The lowest BCUT2D eigenvalue weighted by Gasteiger charge is -2.21. The van der Waals surface area contributed by atoms with Crippen molar-refractivity contribution in [3.63, 3.8) is 0 Å². The lowest BCUT2D eigenvalue weighted by Crippen LogP contribution is -2.30. The summed E-state index contributed by atoms with van der Waals surface area (Å²) in [6, 6.07) is 0. The number of carbonyl (C=O) groups is 4. The highest BCUT2D eigenvalue weighted by Crippen LogP contribution is 2.45. The minimum Gasteiger partial charge on any atom is -0.462 e. The second-order valence-electron chi connectivity index (χ2n) is 26.7. The number of hydrogen-bond acceptors (Lipinski definition) is 15. The van der Waals surface area contributed by atoms with Crippen LogP contribution in [-0.2, 0) is 65.4 Å². The summed E-state index contributed by atoms with van der Waals surface area (Å²) in [6.07, 6.45) is 49.7. The number of esters is 4. The molecule has 0 aliphatic carbocycles. The van der Waals surface area contributed by atoms with Gasteiger partial charge in [0.25, 0.3) is 0 Å². The molecule has 540 valence electrons. The largest absolute Gasteiger partial charge is 0.472 e. The van der Waals surface area contributed by atoms with Gasteiger partial charge < -0.3 is 33.8 Å². The summed E-state index contributed by atoms with van der Waals surface area (Å²) in [5, 5.41) is 10.6. The number of hydrogen-bond donors (Lipinski definition) is 3. The standard InChI is InChI=1S/C72H140O17P2/c1-7-10-12-14-16-18-20-22-24-29-36-42-48-54-69(74)82-60-67(89-72(77)57-51-45-39-31-27-26-28-35-41-47-53-65(6)9-3)62-86-90(78,79)84-58-66(73)59-85-91(80,81)87-63-68(61-83-70(75)55-49-43-37-33-32-34-40-46-52-64(4)5)88-71(76)56-50-44-38-30-25-23-21-19-17-15-13-11-8-2/h64-68,73H,7-63H2,1-6H3,(H,78,79)(H,80,81)/t65?,66-,67-,68-/m1/s1. The molecule has 19 heteroatoms. The maximum absolute atomic E-state index is 13.0. The van der Waals surface area contributed by atoms with Crippen molar-refractivity contribution < 1.29 is 80.2 Å². The first-order valence-electron chi connectivity index (χ1n) is 37.5. The molecule has 17 nitrogen and oxygen atoms in total.